The second-order valence-electron chi connectivity index (χ2n) is 7.42. The van der Waals surface area contributed by atoms with Crippen molar-refractivity contribution in [1.29, 1.82) is 0 Å². The highest BCUT2D eigenvalue weighted by molar-refractivity contribution is 5.99. The largest absolute Gasteiger partial charge is 0.269 e. The molecule has 2 N–H and O–H groups in total. The summed E-state index contributed by atoms with van der Waals surface area (Å²) in [6.07, 6.45) is 1.45. The van der Waals surface area contributed by atoms with Crippen molar-refractivity contribution in [2.45, 2.75) is 6.54 Å². The number of amides is 2. The molecule has 0 spiro atoms. The number of nitrogens with zero attached hydrogens (tertiary/aromatic N) is 8. The van der Waals surface area contributed by atoms with Crippen molar-refractivity contribution in [3.8, 4) is 17.1 Å². The van der Waals surface area contributed by atoms with Crippen LogP contribution in [0.4, 0.5) is 0 Å². The van der Waals surface area contributed by atoms with Gasteiger partial charge in [0.25, 0.3) is 11.8 Å². The van der Waals surface area contributed by atoms with Gasteiger partial charge in [-0.25, -0.2) is 4.68 Å². The third kappa shape index (κ3) is 5.06. The molecule has 2 amide bonds. The van der Waals surface area contributed by atoms with Crippen LogP contribution in [0.1, 0.15) is 26.3 Å². The van der Waals surface area contributed by atoms with Gasteiger partial charge in [-0.1, -0.05) is 42.5 Å². The van der Waals surface area contributed by atoms with Gasteiger partial charge in [-0.05, 0) is 57.6 Å². The molecule has 0 aliphatic carbocycles. The highest BCUT2D eigenvalue weighted by atomic mass is 16.2. The summed E-state index contributed by atoms with van der Waals surface area (Å²) in [5.41, 5.74) is 8.06. The van der Waals surface area contributed by atoms with Crippen LogP contribution in [0, 0.1) is 0 Å². The van der Waals surface area contributed by atoms with E-state index in [1.54, 1.807) is 48.5 Å². The Bertz CT molecular complexity index is 1430. The van der Waals surface area contributed by atoms with E-state index in [1.807, 2.05) is 30.3 Å². The lowest BCUT2D eigenvalue weighted by Crippen LogP contribution is -2.41. The zero-order chi connectivity index (χ0) is 24.0. The molecule has 5 rings (SSSR count). The molecule has 35 heavy (non-hydrogen) atoms. The zero-order valence-electron chi connectivity index (χ0n) is 18.2. The first-order valence-electron chi connectivity index (χ1n) is 10.5. The predicted octanol–water partition coefficient (Wildman–Crippen LogP) is 1.44. The van der Waals surface area contributed by atoms with E-state index in [2.05, 4.69) is 41.8 Å². The Labute approximate surface area is 198 Å². The van der Waals surface area contributed by atoms with Gasteiger partial charge in [-0.15, -0.1) is 15.3 Å². The first-order valence-corrected chi connectivity index (χ1v) is 10.5. The lowest BCUT2D eigenvalue weighted by Gasteiger charge is -2.08. The maximum Gasteiger partial charge on any atom is 0.269 e. The maximum absolute atomic E-state index is 12.4. The third-order valence-electron chi connectivity index (χ3n) is 5.06. The Morgan fingerprint density at radius 1 is 0.771 bits per heavy atom. The van der Waals surface area contributed by atoms with E-state index in [4.69, 9.17) is 0 Å². The Kier molecular flexibility index (Phi) is 5.98. The van der Waals surface area contributed by atoms with Gasteiger partial charge in [0.1, 0.15) is 6.33 Å². The number of nitrogens with one attached hydrogen (secondary N) is 2. The van der Waals surface area contributed by atoms with Crippen LogP contribution in [0.15, 0.2) is 85.2 Å². The molecule has 0 fully saturated rings. The predicted molar refractivity (Wildman–Crippen MR) is 123 cm³/mol. The van der Waals surface area contributed by atoms with Gasteiger partial charge in [0.05, 0.1) is 12.2 Å². The SMILES string of the molecule is O=C(NNC(=O)c1ccc(-n2cnnn2)cc1)c1ccc(Cn2nnc(-c3ccccc3)n2)cc1. The minimum Gasteiger partial charge on any atom is -0.267 e. The summed E-state index contributed by atoms with van der Waals surface area (Å²) < 4.78 is 1.47. The number of aromatic nitrogens is 8. The average Bonchev–Trinajstić information content (AvgIpc) is 3.61. The van der Waals surface area contributed by atoms with Crippen LogP contribution in [-0.4, -0.2) is 52.2 Å². The van der Waals surface area contributed by atoms with Gasteiger partial charge in [-0.2, -0.15) is 4.80 Å². The molecule has 0 aliphatic rings. The normalized spacial score (nSPS) is 10.6. The van der Waals surface area contributed by atoms with E-state index >= 15 is 0 Å². The average molecular weight is 466 g/mol. The minimum atomic E-state index is -0.454. The standard InChI is InChI=1S/C23H18N10O2/c34-22(26-27-23(35)19-10-12-20(13-11-19)32-15-24-29-31-32)18-8-6-16(7-9-18)14-33-28-21(25-30-33)17-4-2-1-3-5-17/h1-13,15H,14H2,(H,26,34)(H,27,35). The molecule has 2 heterocycles. The second-order valence-corrected chi connectivity index (χ2v) is 7.42. The van der Waals surface area contributed by atoms with E-state index < -0.39 is 11.8 Å². The van der Waals surface area contributed by atoms with Crippen LogP contribution >= 0.6 is 0 Å². The number of hydrogen-bond donors (Lipinski definition) is 2. The quantitative estimate of drug-likeness (QED) is 0.358. The number of carbonyl (C=O) groups is 2. The summed E-state index contributed by atoms with van der Waals surface area (Å²) >= 11 is 0. The van der Waals surface area contributed by atoms with Gasteiger partial charge in [0.2, 0.25) is 5.82 Å². The Hall–Kier alpha value is -5.26. The molecular formula is C23H18N10O2. The Morgan fingerprint density at radius 3 is 2.06 bits per heavy atom. The molecule has 3 aromatic carbocycles. The minimum absolute atomic E-state index is 0.368. The molecule has 0 saturated carbocycles. The lowest BCUT2D eigenvalue weighted by atomic mass is 10.1. The van der Waals surface area contributed by atoms with Crippen molar-refractivity contribution in [2.75, 3.05) is 0 Å². The molecular weight excluding hydrogens is 448 g/mol. The summed E-state index contributed by atoms with van der Waals surface area (Å²) in [4.78, 5) is 26.3. The van der Waals surface area contributed by atoms with Crippen molar-refractivity contribution in [3.05, 3.63) is 102 Å². The maximum atomic E-state index is 12.4. The van der Waals surface area contributed by atoms with Gasteiger partial charge in [-0.3, -0.25) is 20.4 Å². The number of hydrazine groups is 1. The summed E-state index contributed by atoms with van der Waals surface area (Å²) in [6, 6.07) is 23.1. The molecule has 0 radical (unpaired) electrons. The summed E-state index contributed by atoms with van der Waals surface area (Å²) in [5, 5.41) is 23.5. The van der Waals surface area contributed by atoms with Gasteiger partial charge in [0, 0.05) is 16.7 Å². The van der Waals surface area contributed by atoms with E-state index in [9.17, 15) is 9.59 Å². The number of rotatable bonds is 6. The number of carbonyl (C=O) groups excluding carboxylic acids is 2. The number of hydrogen-bond acceptors (Lipinski definition) is 8. The zero-order valence-corrected chi connectivity index (χ0v) is 18.2. The van der Waals surface area contributed by atoms with E-state index in [0.29, 0.717) is 29.2 Å². The number of benzene rings is 3. The van der Waals surface area contributed by atoms with E-state index in [1.165, 1.54) is 15.8 Å². The van der Waals surface area contributed by atoms with Gasteiger partial charge < -0.3 is 0 Å². The molecule has 12 heteroatoms. The van der Waals surface area contributed by atoms with Crippen molar-refractivity contribution >= 4 is 11.8 Å². The third-order valence-corrected chi connectivity index (χ3v) is 5.06. The fourth-order valence-corrected chi connectivity index (χ4v) is 3.24. The molecule has 0 saturated heterocycles. The van der Waals surface area contributed by atoms with Gasteiger partial charge >= 0.3 is 0 Å². The van der Waals surface area contributed by atoms with Crippen molar-refractivity contribution < 1.29 is 9.59 Å². The summed E-state index contributed by atoms with van der Waals surface area (Å²) in [5.74, 6) is -0.354. The molecule has 0 bridgehead atoms. The van der Waals surface area contributed by atoms with Crippen LogP contribution in [0.5, 0.6) is 0 Å². The highest BCUT2D eigenvalue weighted by Crippen LogP contribution is 2.13. The fourth-order valence-electron chi connectivity index (χ4n) is 3.24. The van der Waals surface area contributed by atoms with Crippen molar-refractivity contribution in [1.82, 2.24) is 51.3 Å². The molecule has 172 valence electrons. The lowest BCUT2D eigenvalue weighted by molar-refractivity contribution is 0.0846. The topological polar surface area (TPSA) is 145 Å². The van der Waals surface area contributed by atoms with Crippen LogP contribution in [0.25, 0.3) is 17.1 Å². The Balaban J connectivity index is 1.15. The summed E-state index contributed by atoms with van der Waals surface area (Å²) in [6.45, 7) is 0.402. The second kappa shape index (κ2) is 9.70. The molecule has 0 aliphatic heterocycles. The Morgan fingerprint density at radius 2 is 1.43 bits per heavy atom. The molecule has 12 nitrogen and oxygen atoms in total. The smallest absolute Gasteiger partial charge is 0.267 e. The van der Waals surface area contributed by atoms with Crippen LogP contribution in [0.3, 0.4) is 0 Å². The van der Waals surface area contributed by atoms with Crippen molar-refractivity contribution in [2.24, 2.45) is 0 Å². The molecule has 2 aromatic heterocycles. The summed E-state index contributed by atoms with van der Waals surface area (Å²) in [7, 11) is 0. The van der Waals surface area contributed by atoms with Crippen LogP contribution < -0.4 is 10.9 Å². The fraction of sp³-hybridized carbons (Fsp3) is 0.0435. The first-order chi connectivity index (χ1) is 17.2. The first kappa shape index (κ1) is 21.6. The molecule has 0 atom stereocenters. The van der Waals surface area contributed by atoms with E-state index in [-0.39, 0.29) is 0 Å². The highest BCUT2D eigenvalue weighted by Gasteiger charge is 2.11. The van der Waals surface area contributed by atoms with Gasteiger partial charge in [0.15, 0.2) is 0 Å². The van der Waals surface area contributed by atoms with Crippen LogP contribution in [0.2, 0.25) is 0 Å². The van der Waals surface area contributed by atoms with Crippen molar-refractivity contribution in [3.63, 3.8) is 0 Å². The molecule has 5 aromatic rings. The monoisotopic (exact) mass is 466 g/mol. The molecule has 0 unspecified atom stereocenters. The number of tetrazole rings is 2. The van der Waals surface area contributed by atoms with E-state index in [0.717, 1.165) is 11.1 Å². The van der Waals surface area contributed by atoms with Crippen LogP contribution in [-0.2, 0) is 6.54 Å².